The Balaban J connectivity index is 1.94. The van der Waals surface area contributed by atoms with Crippen molar-refractivity contribution in [1.29, 1.82) is 0 Å². The summed E-state index contributed by atoms with van der Waals surface area (Å²) >= 11 is 1.60. The summed E-state index contributed by atoms with van der Waals surface area (Å²) in [6, 6.07) is 2.03. The van der Waals surface area contributed by atoms with Crippen LogP contribution in [0.25, 0.3) is 0 Å². The van der Waals surface area contributed by atoms with Gasteiger partial charge in [0.2, 0.25) is 0 Å². The topological polar surface area (TPSA) is 46.3 Å². The molecule has 0 aromatic carbocycles. The standard InChI is InChI=1S/C16H26N2OS/c1-2-3-4-6-9-13-12-14(15(17)20-13)16(19)18-10-7-5-8-11-18/h12H,2-11,17H2,1H3. The molecule has 1 aliphatic rings. The van der Waals surface area contributed by atoms with Crippen molar-refractivity contribution in [3.05, 3.63) is 16.5 Å². The number of anilines is 1. The van der Waals surface area contributed by atoms with Crippen LogP contribution in [0.2, 0.25) is 0 Å². The molecule has 0 bridgehead atoms. The van der Waals surface area contributed by atoms with Crippen molar-refractivity contribution in [2.24, 2.45) is 0 Å². The molecule has 1 fully saturated rings. The van der Waals surface area contributed by atoms with Crippen molar-refractivity contribution in [2.75, 3.05) is 18.8 Å². The zero-order valence-electron chi connectivity index (χ0n) is 12.5. The molecule has 0 radical (unpaired) electrons. The highest BCUT2D eigenvalue weighted by Gasteiger charge is 2.21. The zero-order valence-corrected chi connectivity index (χ0v) is 13.3. The van der Waals surface area contributed by atoms with Gasteiger partial charge in [-0.15, -0.1) is 11.3 Å². The van der Waals surface area contributed by atoms with Gasteiger partial charge in [-0.2, -0.15) is 0 Å². The molecule has 0 unspecified atom stereocenters. The van der Waals surface area contributed by atoms with Crippen LogP contribution in [-0.4, -0.2) is 23.9 Å². The summed E-state index contributed by atoms with van der Waals surface area (Å²) in [6.07, 6.45) is 9.56. The molecule has 112 valence electrons. The maximum atomic E-state index is 12.5. The number of unbranched alkanes of at least 4 members (excludes halogenated alkanes) is 3. The van der Waals surface area contributed by atoms with Crippen molar-refractivity contribution >= 4 is 22.2 Å². The van der Waals surface area contributed by atoms with Crippen LogP contribution in [0.3, 0.4) is 0 Å². The zero-order chi connectivity index (χ0) is 14.4. The van der Waals surface area contributed by atoms with Crippen molar-refractivity contribution in [3.8, 4) is 0 Å². The molecule has 0 spiro atoms. The van der Waals surface area contributed by atoms with Crippen LogP contribution in [0.15, 0.2) is 6.07 Å². The van der Waals surface area contributed by atoms with Crippen LogP contribution in [0, 0.1) is 0 Å². The second-order valence-corrected chi connectivity index (χ2v) is 6.82. The molecule has 0 aliphatic carbocycles. The maximum Gasteiger partial charge on any atom is 0.256 e. The van der Waals surface area contributed by atoms with Gasteiger partial charge in [-0.05, 0) is 38.2 Å². The smallest absolute Gasteiger partial charge is 0.256 e. The number of nitrogen functional groups attached to an aromatic ring is 1. The molecule has 2 rings (SSSR count). The monoisotopic (exact) mass is 294 g/mol. The Morgan fingerprint density at radius 2 is 2.00 bits per heavy atom. The summed E-state index contributed by atoms with van der Waals surface area (Å²) in [5, 5.41) is 0.700. The molecular weight excluding hydrogens is 268 g/mol. The fourth-order valence-corrected chi connectivity index (χ4v) is 3.70. The number of thiophene rings is 1. The first-order chi connectivity index (χ1) is 9.72. The van der Waals surface area contributed by atoms with Gasteiger partial charge in [0.15, 0.2) is 0 Å². The number of likely N-dealkylation sites (tertiary alicyclic amines) is 1. The van der Waals surface area contributed by atoms with Crippen molar-refractivity contribution in [3.63, 3.8) is 0 Å². The molecule has 1 saturated heterocycles. The van der Waals surface area contributed by atoms with Gasteiger partial charge in [0.05, 0.1) is 10.6 Å². The van der Waals surface area contributed by atoms with Gasteiger partial charge in [0.1, 0.15) is 0 Å². The van der Waals surface area contributed by atoms with Gasteiger partial charge in [-0.3, -0.25) is 4.79 Å². The molecule has 0 atom stereocenters. The first-order valence-electron chi connectivity index (χ1n) is 7.90. The van der Waals surface area contributed by atoms with E-state index in [1.165, 1.54) is 37.0 Å². The summed E-state index contributed by atoms with van der Waals surface area (Å²) < 4.78 is 0. The highest BCUT2D eigenvalue weighted by molar-refractivity contribution is 7.16. The summed E-state index contributed by atoms with van der Waals surface area (Å²) in [4.78, 5) is 15.7. The third-order valence-electron chi connectivity index (χ3n) is 3.96. The van der Waals surface area contributed by atoms with E-state index in [1.807, 2.05) is 11.0 Å². The van der Waals surface area contributed by atoms with Crippen LogP contribution < -0.4 is 5.73 Å². The summed E-state index contributed by atoms with van der Waals surface area (Å²) in [7, 11) is 0. The van der Waals surface area contributed by atoms with Crippen molar-refractivity contribution in [1.82, 2.24) is 4.90 Å². The summed E-state index contributed by atoms with van der Waals surface area (Å²) in [5.74, 6) is 0.137. The van der Waals surface area contributed by atoms with E-state index in [-0.39, 0.29) is 5.91 Å². The molecular formula is C16H26N2OS. The fourth-order valence-electron chi connectivity index (χ4n) is 2.74. The van der Waals surface area contributed by atoms with Gasteiger partial charge in [0.25, 0.3) is 5.91 Å². The van der Waals surface area contributed by atoms with E-state index in [9.17, 15) is 4.79 Å². The second-order valence-electron chi connectivity index (χ2n) is 5.65. The number of nitrogens with zero attached hydrogens (tertiary/aromatic N) is 1. The number of amides is 1. The van der Waals surface area contributed by atoms with E-state index >= 15 is 0 Å². The predicted molar refractivity (Wildman–Crippen MR) is 86.3 cm³/mol. The Kier molecular flexibility index (Phi) is 5.89. The van der Waals surface area contributed by atoms with E-state index in [2.05, 4.69) is 6.92 Å². The first kappa shape index (κ1) is 15.4. The molecule has 1 amide bonds. The van der Waals surface area contributed by atoms with E-state index in [1.54, 1.807) is 11.3 Å². The Morgan fingerprint density at radius 3 is 2.70 bits per heavy atom. The van der Waals surface area contributed by atoms with Crippen molar-refractivity contribution < 1.29 is 4.79 Å². The average Bonchev–Trinajstić information content (AvgIpc) is 2.85. The van der Waals surface area contributed by atoms with Crippen LogP contribution in [0.1, 0.15) is 67.1 Å². The SMILES string of the molecule is CCCCCCc1cc(C(=O)N2CCCCC2)c(N)s1. The second kappa shape index (κ2) is 7.67. The lowest BCUT2D eigenvalue weighted by atomic mass is 10.1. The number of carbonyl (C=O) groups is 1. The van der Waals surface area contributed by atoms with E-state index in [0.29, 0.717) is 5.00 Å². The van der Waals surface area contributed by atoms with Crippen LogP contribution in [-0.2, 0) is 6.42 Å². The molecule has 0 saturated carbocycles. The van der Waals surface area contributed by atoms with Gasteiger partial charge >= 0.3 is 0 Å². The normalized spacial score (nSPS) is 15.6. The lowest BCUT2D eigenvalue weighted by Crippen LogP contribution is -2.35. The minimum atomic E-state index is 0.137. The van der Waals surface area contributed by atoms with E-state index in [4.69, 9.17) is 5.73 Å². The fraction of sp³-hybridized carbons (Fsp3) is 0.688. The van der Waals surface area contributed by atoms with Crippen LogP contribution in [0.5, 0.6) is 0 Å². The predicted octanol–water partition coefficient (Wildman–Crippen LogP) is 4.08. The Labute approximate surface area is 126 Å². The number of hydrogen-bond acceptors (Lipinski definition) is 3. The number of nitrogens with two attached hydrogens (primary N) is 1. The quantitative estimate of drug-likeness (QED) is 0.804. The summed E-state index contributed by atoms with van der Waals surface area (Å²) in [5.41, 5.74) is 6.79. The van der Waals surface area contributed by atoms with Crippen LogP contribution in [0.4, 0.5) is 5.00 Å². The number of carbonyl (C=O) groups excluding carboxylic acids is 1. The van der Waals surface area contributed by atoms with Gasteiger partial charge in [-0.25, -0.2) is 0 Å². The summed E-state index contributed by atoms with van der Waals surface area (Å²) in [6.45, 7) is 4.00. The highest BCUT2D eigenvalue weighted by Crippen LogP contribution is 2.28. The molecule has 2 heterocycles. The number of rotatable bonds is 6. The minimum absolute atomic E-state index is 0.137. The third kappa shape index (κ3) is 3.98. The Bertz CT molecular complexity index is 436. The van der Waals surface area contributed by atoms with Gasteiger partial charge < -0.3 is 10.6 Å². The molecule has 3 nitrogen and oxygen atoms in total. The van der Waals surface area contributed by atoms with Crippen molar-refractivity contribution in [2.45, 2.75) is 58.3 Å². The molecule has 1 aromatic heterocycles. The highest BCUT2D eigenvalue weighted by atomic mass is 32.1. The van der Waals surface area contributed by atoms with E-state index in [0.717, 1.165) is 37.9 Å². The lowest BCUT2D eigenvalue weighted by Gasteiger charge is -2.26. The van der Waals surface area contributed by atoms with Crippen LogP contribution >= 0.6 is 11.3 Å². The molecule has 20 heavy (non-hydrogen) atoms. The number of hydrogen-bond donors (Lipinski definition) is 1. The lowest BCUT2D eigenvalue weighted by molar-refractivity contribution is 0.0726. The first-order valence-corrected chi connectivity index (χ1v) is 8.71. The van der Waals surface area contributed by atoms with Gasteiger partial charge in [0, 0.05) is 18.0 Å². The Hall–Kier alpha value is -1.03. The molecule has 1 aliphatic heterocycles. The average molecular weight is 294 g/mol. The third-order valence-corrected chi connectivity index (χ3v) is 4.99. The molecule has 2 N–H and O–H groups in total. The number of piperidine rings is 1. The van der Waals surface area contributed by atoms with E-state index < -0.39 is 0 Å². The number of aryl methyl sites for hydroxylation is 1. The Morgan fingerprint density at radius 1 is 1.25 bits per heavy atom. The van der Waals surface area contributed by atoms with Gasteiger partial charge in [-0.1, -0.05) is 26.2 Å². The molecule has 4 heteroatoms. The minimum Gasteiger partial charge on any atom is -0.390 e. The molecule has 1 aromatic rings. The maximum absolute atomic E-state index is 12.5. The largest absolute Gasteiger partial charge is 0.390 e.